The zero-order chi connectivity index (χ0) is 18.8. The Morgan fingerprint density at radius 1 is 1.11 bits per heavy atom. The van der Waals surface area contributed by atoms with Crippen molar-refractivity contribution >= 4 is 44.6 Å². The Morgan fingerprint density at radius 2 is 1.93 bits per heavy atom. The van der Waals surface area contributed by atoms with Crippen LogP contribution in [-0.4, -0.2) is 36.5 Å². The van der Waals surface area contributed by atoms with Crippen molar-refractivity contribution in [1.82, 2.24) is 15.3 Å². The SMILES string of the molecule is CNC(=O)CN(C)c1nc(-c2cccs2)nc2scc(-c3ccccc3)c12. The van der Waals surface area contributed by atoms with Gasteiger partial charge >= 0.3 is 0 Å². The van der Waals surface area contributed by atoms with Crippen LogP contribution in [0.3, 0.4) is 0 Å². The van der Waals surface area contributed by atoms with Crippen LogP contribution >= 0.6 is 22.7 Å². The summed E-state index contributed by atoms with van der Waals surface area (Å²) in [5.74, 6) is 1.41. The van der Waals surface area contributed by atoms with Crippen LogP contribution in [-0.2, 0) is 4.79 Å². The van der Waals surface area contributed by atoms with E-state index in [2.05, 4.69) is 22.8 Å². The Kier molecular flexibility index (Phi) is 4.87. The molecule has 5 nitrogen and oxygen atoms in total. The third kappa shape index (κ3) is 3.43. The van der Waals surface area contributed by atoms with Crippen molar-refractivity contribution < 1.29 is 4.79 Å². The van der Waals surface area contributed by atoms with Crippen LogP contribution in [0.5, 0.6) is 0 Å². The fourth-order valence-electron chi connectivity index (χ4n) is 2.92. The van der Waals surface area contributed by atoms with Gasteiger partial charge in [-0.2, -0.15) is 0 Å². The van der Waals surface area contributed by atoms with Gasteiger partial charge in [-0.05, 0) is 17.0 Å². The normalized spacial score (nSPS) is 10.9. The van der Waals surface area contributed by atoms with Gasteiger partial charge < -0.3 is 10.2 Å². The highest BCUT2D eigenvalue weighted by Crippen LogP contribution is 2.39. The molecule has 0 radical (unpaired) electrons. The maximum atomic E-state index is 11.9. The average molecular weight is 395 g/mol. The lowest BCUT2D eigenvalue weighted by Gasteiger charge is -2.19. The number of rotatable bonds is 5. The number of thiophene rings is 2. The Labute approximate surface area is 165 Å². The maximum absolute atomic E-state index is 11.9. The third-order valence-electron chi connectivity index (χ3n) is 4.26. The molecule has 4 aromatic rings. The monoisotopic (exact) mass is 394 g/mol. The molecule has 0 saturated heterocycles. The van der Waals surface area contributed by atoms with E-state index < -0.39 is 0 Å². The molecule has 0 saturated carbocycles. The van der Waals surface area contributed by atoms with E-state index in [1.54, 1.807) is 29.7 Å². The highest BCUT2D eigenvalue weighted by atomic mass is 32.1. The van der Waals surface area contributed by atoms with Crippen LogP contribution in [0.2, 0.25) is 0 Å². The van der Waals surface area contributed by atoms with Crippen molar-refractivity contribution in [2.24, 2.45) is 0 Å². The first-order valence-electron chi connectivity index (χ1n) is 8.47. The molecule has 0 aliphatic carbocycles. The molecule has 1 amide bonds. The van der Waals surface area contributed by atoms with Gasteiger partial charge in [-0.3, -0.25) is 4.79 Å². The van der Waals surface area contributed by atoms with Crippen LogP contribution in [0.15, 0.2) is 53.2 Å². The minimum absolute atomic E-state index is 0.0570. The number of benzene rings is 1. The molecule has 1 N–H and O–H groups in total. The fourth-order valence-corrected chi connectivity index (χ4v) is 4.51. The van der Waals surface area contributed by atoms with Gasteiger partial charge in [0.2, 0.25) is 5.91 Å². The summed E-state index contributed by atoms with van der Waals surface area (Å²) in [5, 5.41) is 7.79. The van der Waals surface area contributed by atoms with Crippen LogP contribution in [0.1, 0.15) is 0 Å². The summed E-state index contributed by atoms with van der Waals surface area (Å²) in [4.78, 5) is 25.4. The molecule has 3 heterocycles. The van der Waals surface area contributed by atoms with Crippen molar-refractivity contribution in [3.05, 3.63) is 53.2 Å². The maximum Gasteiger partial charge on any atom is 0.239 e. The molecule has 0 bridgehead atoms. The highest BCUT2D eigenvalue weighted by molar-refractivity contribution is 7.17. The quantitative estimate of drug-likeness (QED) is 0.549. The van der Waals surface area contributed by atoms with Crippen LogP contribution in [0.4, 0.5) is 5.82 Å². The minimum atomic E-state index is -0.0570. The van der Waals surface area contributed by atoms with Crippen LogP contribution in [0, 0.1) is 0 Å². The van der Waals surface area contributed by atoms with Crippen molar-refractivity contribution in [3.8, 4) is 21.8 Å². The number of carbonyl (C=O) groups is 1. The largest absolute Gasteiger partial charge is 0.358 e. The molecule has 0 atom stereocenters. The number of anilines is 1. The smallest absolute Gasteiger partial charge is 0.239 e. The van der Waals surface area contributed by atoms with Gasteiger partial charge in [0.25, 0.3) is 0 Å². The molecular weight excluding hydrogens is 376 g/mol. The number of nitrogens with zero attached hydrogens (tertiary/aromatic N) is 3. The molecule has 4 rings (SSSR count). The third-order valence-corrected chi connectivity index (χ3v) is 6.00. The second kappa shape index (κ2) is 7.46. The molecule has 0 spiro atoms. The van der Waals surface area contributed by atoms with E-state index >= 15 is 0 Å². The first kappa shape index (κ1) is 17.6. The highest BCUT2D eigenvalue weighted by Gasteiger charge is 2.20. The van der Waals surface area contributed by atoms with E-state index in [9.17, 15) is 4.79 Å². The summed E-state index contributed by atoms with van der Waals surface area (Å²) in [6.07, 6.45) is 0. The summed E-state index contributed by atoms with van der Waals surface area (Å²) < 4.78 is 0. The van der Waals surface area contributed by atoms with E-state index in [0.29, 0.717) is 5.82 Å². The van der Waals surface area contributed by atoms with Gasteiger partial charge in [0.1, 0.15) is 10.6 Å². The van der Waals surface area contributed by atoms with Gasteiger partial charge in [-0.1, -0.05) is 36.4 Å². The van der Waals surface area contributed by atoms with Gasteiger partial charge in [0.05, 0.1) is 16.8 Å². The summed E-state index contributed by atoms with van der Waals surface area (Å²) >= 11 is 3.21. The standard InChI is InChI=1S/C20H18N4OS2/c1-21-16(25)11-24(2)19-17-14(13-7-4-3-5-8-13)12-27-20(17)23-18(22-19)15-9-6-10-26-15/h3-10,12H,11H2,1-2H3,(H,21,25). The van der Waals surface area contributed by atoms with Crippen LogP contribution < -0.4 is 10.2 Å². The molecule has 7 heteroatoms. The fraction of sp³-hybridized carbons (Fsp3) is 0.150. The average Bonchev–Trinajstić information content (AvgIpc) is 3.37. The molecule has 1 aromatic carbocycles. The van der Waals surface area contributed by atoms with Crippen molar-refractivity contribution in [1.29, 1.82) is 0 Å². The van der Waals surface area contributed by atoms with Crippen molar-refractivity contribution in [2.75, 3.05) is 25.5 Å². The summed E-state index contributed by atoms with van der Waals surface area (Å²) in [7, 11) is 3.53. The number of hydrogen-bond acceptors (Lipinski definition) is 6. The molecule has 0 aliphatic heterocycles. The Bertz CT molecular complexity index is 1070. The van der Waals surface area contributed by atoms with E-state index in [1.807, 2.05) is 47.7 Å². The zero-order valence-electron chi connectivity index (χ0n) is 15.0. The first-order valence-corrected chi connectivity index (χ1v) is 10.2. The number of nitrogens with one attached hydrogen (secondary N) is 1. The Balaban J connectivity index is 1.92. The number of likely N-dealkylation sites (N-methyl/N-ethyl adjacent to an activating group) is 2. The summed E-state index contributed by atoms with van der Waals surface area (Å²) in [6, 6.07) is 14.2. The lowest BCUT2D eigenvalue weighted by atomic mass is 10.1. The minimum Gasteiger partial charge on any atom is -0.358 e. The Morgan fingerprint density at radius 3 is 2.63 bits per heavy atom. The van der Waals surface area contributed by atoms with Gasteiger partial charge in [-0.25, -0.2) is 9.97 Å². The summed E-state index contributed by atoms with van der Waals surface area (Å²) in [6.45, 7) is 0.233. The molecule has 0 fully saturated rings. The Hall–Kier alpha value is -2.77. The van der Waals surface area contributed by atoms with Crippen LogP contribution in [0.25, 0.3) is 32.0 Å². The predicted molar refractivity (Wildman–Crippen MR) is 114 cm³/mol. The van der Waals surface area contributed by atoms with E-state index in [-0.39, 0.29) is 12.5 Å². The van der Waals surface area contributed by atoms with Crippen molar-refractivity contribution in [2.45, 2.75) is 0 Å². The number of aromatic nitrogens is 2. The second-order valence-electron chi connectivity index (χ2n) is 6.07. The lowest BCUT2D eigenvalue weighted by Crippen LogP contribution is -2.33. The van der Waals surface area contributed by atoms with Gasteiger partial charge in [0.15, 0.2) is 5.82 Å². The predicted octanol–water partition coefficient (Wildman–Crippen LogP) is 4.27. The summed E-state index contributed by atoms with van der Waals surface area (Å²) in [5.41, 5.74) is 2.21. The number of carbonyl (C=O) groups excluding carboxylic acids is 1. The molecular formula is C20H18N4OS2. The van der Waals surface area contributed by atoms with E-state index in [4.69, 9.17) is 9.97 Å². The van der Waals surface area contributed by atoms with Gasteiger partial charge in [-0.15, -0.1) is 22.7 Å². The number of hydrogen-bond donors (Lipinski definition) is 1. The topological polar surface area (TPSA) is 58.1 Å². The molecule has 27 heavy (non-hydrogen) atoms. The van der Waals surface area contributed by atoms with Gasteiger partial charge in [0, 0.05) is 25.0 Å². The molecule has 0 aliphatic rings. The lowest BCUT2D eigenvalue weighted by molar-refractivity contribution is -0.119. The molecule has 0 unspecified atom stereocenters. The first-order chi connectivity index (χ1) is 13.2. The van der Waals surface area contributed by atoms with Crippen molar-refractivity contribution in [3.63, 3.8) is 0 Å². The number of amides is 1. The molecule has 136 valence electrons. The zero-order valence-corrected chi connectivity index (χ0v) is 16.6. The second-order valence-corrected chi connectivity index (χ2v) is 7.88. The molecule has 3 aromatic heterocycles. The van der Waals surface area contributed by atoms with E-state index in [0.717, 1.165) is 32.0 Å². The number of fused-ring (bicyclic) bond motifs is 1. The van der Waals surface area contributed by atoms with E-state index in [1.165, 1.54) is 0 Å².